The molecule has 2 N–H and O–H groups in total. The van der Waals surface area contributed by atoms with Crippen LogP contribution in [0.3, 0.4) is 0 Å². The first kappa shape index (κ1) is 18.3. The van der Waals surface area contributed by atoms with Crippen LogP contribution in [-0.4, -0.2) is 37.8 Å². The number of amides is 1. The zero-order valence-electron chi connectivity index (χ0n) is 13.2. The molecule has 1 amide bonds. The fourth-order valence-electron chi connectivity index (χ4n) is 2.02. The number of rotatable bonds is 5. The zero-order chi connectivity index (χ0) is 17.9. The number of carbonyl (C=O) groups excluding carboxylic acids is 1. The molecular formula is C16H17ClN2O4S. The molecule has 0 aliphatic rings. The second-order valence-corrected chi connectivity index (χ2v) is 7.77. The van der Waals surface area contributed by atoms with E-state index in [4.69, 9.17) is 11.6 Å². The first-order chi connectivity index (χ1) is 11.2. The van der Waals surface area contributed by atoms with Gasteiger partial charge < -0.3 is 10.4 Å². The Balaban J connectivity index is 2.21. The largest absolute Gasteiger partial charge is 0.506 e. The summed E-state index contributed by atoms with van der Waals surface area (Å²) in [5.41, 5.74) is 0.746. The van der Waals surface area contributed by atoms with Crippen molar-refractivity contribution >= 4 is 27.5 Å². The first-order valence-corrected chi connectivity index (χ1v) is 8.82. The minimum absolute atomic E-state index is 0.0422. The van der Waals surface area contributed by atoms with Crippen molar-refractivity contribution in [1.82, 2.24) is 9.62 Å². The molecule has 0 bridgehead atoms. The lowest BCUT2D eigenvalue weighted by Gasteiger charge is -2.15. The molecule has 0 aliphatic heterocycles. The van der Waals surface area contributed by atoms with Crippen LogP contribution in [0.25, 0.3) is 0 Å². The molecule has 2 aromatic carbocycles. The number of benzene rings is 2. The molecule has 0 atom stereocenters. The van der Waals surface area contributed by atoms with Crippen LogP contribution >= 0.6 is 11.6 Å². The number of carbonyl (C=O) groups is 1. The molecule has 2 aromatic rings. The molecule has 0 radical (unpaired) electrons. The number of hydrogen-bond donors (Lipinski definition) is 2. The third-order valence-electron chi connectivity index (χ3n) is 3.38. The summed E-state index contributed by atoms with van der Waals surface area (Å²) in [4.78, 5) is 12.3. The number of sulfonamides is 1. The molecule has 0 unspecified atom stereocenters. The van der Waals surface area contributed by atoms with E-state index < -0.39 is 15.9 Å². The number of hydrogen-bond acceptors (Lipinski definition) is 4. The highest BCUT2D eigenvalue weighted by molar-refractivity contribution is 7.89. The molecule has 8 heteroatoms. The fourth-order valence-corrected chi connectivity index (χ4v) is 3.32. The van der Waals surface area contributed by atoms with Crippen molar-refractivity contribution < 1.29 is 18.3 Å². The van der Waals surface area contributed by atoms with Gasteiger partial charge in [0.15, 0.2) is 0 Å². The molecule has 0 heterocycles. The predicted octanol–water partition coefficient (Wildman–Crippen LogP) is 2.23. The van der Waals surface area contributed by atoms with Gasteiger partial charge in [0.25, 0.3) is 5.91 Å². The summed E-state index contributed by atoms with van der Waals surface area (Å²) >= 11 is 5.78. The van der Waals surface area contributed by atoms with Crippen LogP contribution in [0, 0.1) is 0 Å². The smallest absolute Gasteiger partial charge is 0.251 e. The molecule has 0 aliphatic carbocycles. The minimum atomic E-state index is -3.60. The monoisotopic (exact) mass is 368 g/mol. The Morgan fingerprint density at radius 3 is 2.50 bits per heavy atom. The Morgan fingerprint density at radius 2 is 1.88 bits per heavy atom. The van der Waals surface area contributed by atoms with E-state index in [2.05, 4.69) is 5.32 Å². The van der Waals surface area contributed by atoms with E-state index in [1.54, 1.807) is 18.2 Å². The van der Waals surface area contributed by atoms with Crippen LogP contribution < -0.4 is 5.32 Å². The van der Waals surface area contributed by atoms with Gasteiger partial charge in [0.1, 0.15) is 5.75 Å². The highest BCUT2D eigenvalue weighted by atomic mass is 35.5. The van der Waals surface area contributed by atoms with Crippen LogP contribution in [0.1, 0.15) is 15.9 Å². The number of phenolic OH excluding ortho intramolecular Hbond substituents is 1. The van der Waals surface area contributed by atoms with E-state index in [1.807, 2.05) is 0 Å². The lowest BCUT2D eigenvalue weighted by molar-refractivity contribution is 0.0950. The van der Waals surface area contributed by atoms with E-state index in [9.17, 15) is 18.3 Å². The maximum absolute atomic E-state index is 12.3. The third-order valence-corrected chi connectivity index (χ3v) is 5.60. The number of aromatic hydroxyl groups is 1. The average molecular weight is 369 g/mol. The maximum Gasteiger partial charge on any atom is 0.251 e. The molecule has 128 valence electrons. The average Bonchev–Trinajstić information content (AvgIpc) is 2.55. The Morgan fingerprint density at radius 1 is 1.21 bits per heavy atom. The SMILES string of the molecule is CN(C)S(=O)(=O)c1ccccc1CNC(=O)c1ccc(O)c(Cl)c1. The quantitative estimate of drug-likeness (QED) is 0.847. The van der Waals surface area contributed by atoms with Crippen molar-refractivity contribution in [2.45, 2.75) is 11.4 Å². The first-order valence-electron chi connectivity index (χ1n) is 7.00. The Bertz CT molecular complexity index is 866. The van der Waals surface area contributed by atoms with Gasteiger partial charge in [-0.15, -0.1) is 0 Å². The number of phenols is 1. The lowest BCUT2D eigenvalue weighted by Crippen LogP contribution is -2.27. The predicted molar refractivity (Wildman–Crippen MR) is 91.6 cm³/mol. The lowest BCUT2D eigenvalue weighted by atomic mass is 10.2. The zero-order valence-corrected chi connectivity index (χ0v) is 14.7. The normalized spacial score (nSPS) is 11.5. The van der Waals surface area contributed by atoms with Crippen molar-refractivity contribution in [2.75, 3.05) is 14.1 Å². The highest BCUT2D eigenvalue weighted by Crippen LogP contribution is 2.24. The molecule has 0 saturated heterocycles. The summed E-state index contributed by atoms with van der Waals surface area (Å²) in [6, 6.07) is 10.6. The standard InChI is InChI=1S/C16H17ClN2O4S/c1-19(2)24(22,23)15-6-4-3-5-12(15)10-18-16(21)11-7-8-14(20)13(17)9-11/h3-9,20H,10H2,1-2H3,(H,18,21). The number of nitrogens with one attached hydrogen (secondary N) is 1. The fraction of sp³-hybridized carbons (Fsp3) is 0.188. The molecule has 0 saturated carbocycles. The van der Waals surface area contributed by atoms with Gasteiger partial charge in [-0.2, -0.15) is 0 Å². The van der Waals surface area contributed by atoms with Gasteiger partial charge in [0, 0.05) is 26.2 Å². The molecule has 24 heavy (non-hydrogen) atoms. The van der Waals surface area contributed by atoms with Gasteiger partial charge in [-0.3, -0.25) is 4.79 Å². The molecular weight excluding hydrogens is 352 g/mol. The molecule has 2 rings (SSSR count). The number of nitrogens with zero attached hydrogens (tertiary/aromatic N) is 1. The van der Waals surface area contributed by atoms with Gasteiger partial charge in [0.05, 0.1) is 9.92 Å². The van der Waals surface area contributed by atoms with Gasteiger partial charge in [-0.1, -0.05) is 29.8 Å². The Labute approximate surface area is 145 Å². The maximum atomic E-state index is 12.3. The molecule has 0 aromatic heterocycles. The molecule has 0 spiro atoms. The highest BCUT2D eigenvalue weighted by Gasteiger charge is 2.21. The minimum Gasteiger partial charge on any atom is -0.506 e. The van der Waals surface area contributed by atoms with E-state index in [1.165, 1.54) is 38.4 Å². The Hall–Kier alpha value is -2.09. The summed E-state index contributed by atoms with van der Waals surface area (Å²) < 4.78 is 25.8. The van der Waals surface area contributed by atoms with Gasteiger partial charge in [0.2, 0.25) is 10.0 Å². The molecule has 0 fully saturated rings. The van der Waals surface area contributed by atoms with Crippen LogP contribution in [0.2, 0.25) is 5.02 Å². The van der Waals surface area contributed by atoms with Gasteiger partial charge in [-0.05, 0) is 29.8 Å². The summed E-state index contributed by atoms with van der Waals surface area (Å²) in [6.45, 7) is 0.0422. The van der Waals surface area contributed by atoms with Crippen LogP contribution in [0.4, 0.5) is 0 Å². The van der Waals surface area contributed by atoms with Crippen molar-refractivity contribution in [2.24, 2.45) is 0 Å². The third kappa shape index (κ3) is 3.87. The summed E-state index contributed by atoms with van der Waals surface area (Å²) in [5, 5.41) is 12.1. The van der Waals surface area contributed by atoms with E-state index in [0.717, 1.165) is 4.31 Å². The second-order valence-electron chi connectivity index (χ2n) is 5.24. The van der Waals surface area contributed by atoms with Crippen LogP contribution in [0.15, 0.2) is 47.4 Å². The van der Waals surface area contributed by atoms with Crippen LogP contribution in [0.5, 0.6) is 5.75 Å². The van der Waals surface area contributed by atoms with Crippen molar-refractivity contribution in [3.8, 4) is 5.75 Å². The van der Waals surface area contributed by atoms with Gasteiger partial charge in [-0.25, -0.2) is 12.7 Å². The van der Waals surface area contributed by atoms with E-state index in [-0.39, 0.29) is 27.8 Å². The summed E-state index contributed by atoms with van der Waals surface area (Å²) in [5.74, 6) is -0.537. The Kier molecular flexibility index (Phi) is 5.48. The van der Waals surface area contributed by atoms with Crippen molar-refractivity contribution in [3.63, 3.8) is 0 Å². The number of halogens is 1. The van der Waals surface area contributed by atoms with Crippen LogP contribution in [-0.2, 0) is 16.6 Å². The van der Waals surface area contributed by atoms with E-state index >= 15 is 0 Å². The van der Waals surface area contributed by atoms with E-state index in [0.29, 0.717) is 5.56 Å². The summed E-state index contributed by atoms with van der Waals surface area (Å²) in [6.07, 6.45) is 0. The second kappa shape index (κ2) is 7.21. The molecule has 6 nitrogen and oxygen atoms in total. The summed E-state index contributed by atoms with van der Waals surface area (Å²) in [7, 11) is -0.709. The topological polar surface area (TPSA) is 86.7 Å². The van der Waals surface area contributed by atoms with Crippen molar-refractivity contribution in [1.29, 1.82) is 0 Å². The van der Waals surface area contributed by atoms with Gasteiger partial charge >= 0.3 is 0 Å². The van der Waals surface area contributed by atoms with Crippen molar-refractivity contribution in [3.05, 3.63) is 58.6 Å².